The lowest BCUT2D eigenvalue weighted by Crippen LogP contribution is -2.49. The summed E-state index contributed by atoms with van der Waals surface area (Å²) in [5.74, 6) is 1.68. The van der Waals surface area contributed by atoms with Crippen LogP contribution in [0.4, 0.5) is 5.69 Å². The summed E-state index contributed by atoms with van der Waals surface area (Å²) >= 11 is 0. The maximum atomic E-state index is 13.0. The summed E-state index contributed by atoms with van der Waals surface area (Å²) in [5.41, 5.74) is 2.29. The Bertz CT molecular complexity index is 807. The van der Waals surface area contributed by atoms with Gasteiger partial charge in [0.1, 0.15) is 12.7 Å². The molecular formula is C21H24N2O3. The Morgan fingerprint density at radius 2 is 1.92 bits per heavy atom. The van der Waals surface area contributed by atoms with Crippen LogP contribution in [0.2, 0.25) is 0 Å². The molecule has 0 radical (unpaired) electrons. The lowest BCUT2D eigenvalue weighted by atomic mass is 10.1. The van der Waals surface area contributed by atoms with E-state index >= 15 is 0 Å². The van der Waals surface area contributed by atoms with E-state index in [1.165, 1.54) is 5.56 Å². The number of rotatable bonds is 4. The third kappa shape index (κ3) is 3.15. The van der Waals surface area contributed by atoms with Gasteiger partial charge in [-0.15, -0.1) is 0 Å². The normalized spacial score (nSPS) is 19.3. The minimum Gasteiger partial charge on any atom is -0.486 e. The van der Waals surface area contributed by atoms with Crippen molar-refractivity contribution in [3.63, 3.8) is 0 Å². The molecule has 2 atom stereocenters. The number of likely N-dealkylation sites (N-methyl/N-ethyl adjacent to an activating group) is 1. The molecule has 0 bridgehead atoms. The Morgan fingerprint density at radius 3 is 2.77 bits per heavy atom. The molecule has 0 fully saturated rings. The lowest BCUT2D eigenvalue weighted by Gasteiger charge is -2.33. The number of para-hydroxylation sites is 3. The first-order valence-corrected chi connectivity index (χ1v) is 9.11. The molecule has 2 heterocycles. The first kappa shape index (κ1) is 16.9. The molecule has 0 spiro atoms. The van der Waals surface area contributed by atoms with Crippen LogP contribution >= 0.6 is 0 Å². The number of carbonyl (C=O) groups is 1. The zero-order chi connectivity index (χ0) is 18.1. The van der Waals surface area contributed by atoms with Gasteiger partial charge in [-0.2, -0.15) is 0 Å². The number of anilines is 1. The van der Waals surface area contributed by atoms with Gasteiger partial charge in [-0.25, -0.2) is 0 Å². The smallest absolute Gasteiger partial charge is 0.244 e. The molecule has 0 saturated carbocycles. The van der Waals surface area contributed by atoms with E-state index < -0.39 is 0 Å². The number of ether oxygens (including phenoxy) is 2. The van der Waals surface area contributed by atoms with Gasteiger partial charge < -0.3 is 14.4 Å². The molecule has 2 aromatic rings. The largest absolute Gasteiger partial charge is 0.486 e. The van der Waals surface area contributed by atoms with Crippen molar-refractivity contribution in [3.05, 3.63) is 54.1 Å². The van der Waals surface area contributed by atoms with Gasteiger partial charge in [0.15, 0.2) is 11.5 Å². The average molecular weight is 352 g/mol. The Labute approximate surface area is 154 Å². The Morgan fingerprint density at radius 1 is 1.19 bits per heavy atom. The van der Waals surface area contributed by atoms with Crippen LogP contribution in [0, 0.1) is 0 Å². The summed E-state index contributed by atoms with van der Waals surface area (Å²) in [6.45, 7) is 3.85. The number of amides is 1. The van der Waals surface area contributed by atoms with E-state index in [9.17, 15) is 4.79 Å². The highest BCUT2D eigenvalue weighted by molar-refractivity contribution is 5.98. The third-order valence-corrected chi connectivity index (χ3v) is 5.23. The number of benzene rings is 2. The first-order chi connectivity index (χ1) is 12.6. The fourth-order valence-electron chi connectivity index (χ4n) is 3.61. The van der Waals surface area contributed by atoms with E-state index in [1.54, 1.807) is 0 Å². The summed E-state index contributed by atoms with van der Waals surface area (Å²) in [6, 6.07) is 15.6. The molecule has 0 N–H and O–H groups in total. The summed E-state index contributed by atoms with van der Waals surface area (Å²) in [7, 11) is 1.97. The van der Waals surface area contributed by atoms with Crippen molar-refractivity contribution in [2.75, 3.05) is 31.6 Å². The highest BCUT2D eigenvalue weighted by Gasteiger charge is 2.31. The monoisotopic (exact) mass is 352 g/mol. The predicted octanol–water partition coefficient (Wildman–Crippen LogP) is 2.74. The number of carbonyl (C=O) groups excluding carboxylic acids is 1. The predicted molar refractivity (Wildman–Crippen MR) is 101 cm³/mol. The van der Waals surface area contributed by atoms with Crippen molar-refractivity contribution in [2.24, 2.45) is 0 Å². The molecule has 4 rings (SSSR count). The van der Waals surface area contributed by atoms with Crippen molar-refractivity contribution >= 4 is 11.6 Å². The quantitative estimate of drug-likeness (QED) is 0.849. The summed E-state index contributed by atoms with van der Waals surface area (Å²) < 4.78 is 11.8. The van der Waals surface area contributed by atoms with E-state index in [4.69, 9.17) is 9.47 Å². The maximum Gasteiger partial charge on any atom is 0.244 e. The standard InChI is InChI=1S/C21H24N2O3/c1-15(21(24)23-12-11-16-7-3-4-8-18(16)23)22(2)13-17-14-25-19-9-5-6-10-20(19)26-17/h3-10,15,17H,11-14H2,1-2H3/t15-,17-/m0/s1. The second-order valence-electron chi connectivity index (χ2n) is 6.98. The molecule has 0 saturated heterocycles. The second kappa shape index (κ2) is 7.00. The first-order valence-electron chi connectivity index (χ1n) is 9.11. The van der Waals surface area contributed by atoms with Crippen LogP contribution in [-0.4, -0.2) is 49.7 Å². The van der Waals surface area contributed by atoms with Crippen molar-refractivity contribution in [2.45, 2.75) is 25.5 Å². The third-order valence-electron chi connectivity index (χ3n) is 5.23. The van der Waals surface area contributed by atoms with E-state index in [2.05, 4.69) is 6.07 Å². The van der Waals surface area contributed by atoms with Gasteiger partial charge in [-0.1, -0.05) is 30.3 Å². The van der Waals surface area contributed by atoms with Gasteiger partial charge in [-0.05, 0) is 44.2 Å². The van der Waals surface area contributed by atoms with Crippen molar-refractivity contribution in [3.8, 4) is 11.5 Å². The van der Waals surface area contributed by atoms with Crippen LogP contribution in [0.25, 0.3) is 0 Å². The average Bonchev–Trinajstić information content (AvgIpc) is 3.11. The Hall–Kier alpha value is -2.53. The minimum absolute atomic E-state index is 0.0870. The summed E-state index contributed by atoms with van der Waals surface area (Å²) in [6.07, 6.45) is 0.838. The maximum absolute atomic E-state index is 13.0. The number of nitrogens with zero attached hydrogens (tertiary/aromatic N) is 2. The fraction of sp³-hybridized carbons (Fsp3) is 0.381. The van der Waals surface area contributed by atoms with E-state index in [1.807, 2.05) is 66.2 Å². The Balaban J connectivity index is 1.39. The SMILES string of the molecule is C[C@@H](C(=O)N1CCc2ccccc21)N(C)C[C@H]1COc2ccccc2O1. The molecule has 1 amide bonds. The van der Waals surface area contributed by atoms with Gasteiger partial charge in [0.2, 0.25) is 5.91 Å². The molecule has 2 aliphatic rings. The zero-order valence-electron chi connectivity index (χ0n) is 15.2. The van der Waals surface area contributed by atoms with Crippen molar-refractivity contribution in [1.29, 1.82) is 0 Å². The fourth-order valence-corrected chi connectivity index (χ4v) is 3.61. The van der Waals surface area contributed by atoms with Crippen molar-refractivity contribution < 1.29 is 14.3 Å². The number of hydrogen-bond donors (Lipinski definition) is 0. The van der Waals surface area contributed by atoms with Crippen LogP contribution in [0.15, 0.2) is 48.5 Å². The van der Waals surface area contributed by atoms with E-state index in [-0.39, 0.29) is 18.1 Å². The highest BCUT2D eigenvalue weighted by atomic mass is 16.6. The number of fused-ring (bicyclic) bond motifs is 2. The topological polar surface area (TPSA) is 42.0 Å². The molecule has 5 nitrogen and oxygen atoms in total. The Kier molecular flexibility index (Phi) is 4.55. The van der Waals surface area contributed by atoms with E-state index in [0.29, 0.717) is 13.2 Å². The van der Waals surface area contributed by atoms with Gasteiger partial charge in [-0.3, -0.25) is 9.69 Å². The molecule has 2 aliphatic heterocycles. The van der Waals surface area contributed by atoms with Crippen LogP contribution in [-0.2, 0) is 11.2 Å². The molecule has 26 heavy (non-hydrogen) atoms. The van der Waals surface area contributed by atoms with Gasteiger partial charge in [0, 0.05) is 18.8 Å². The second-order valence-corrected chi connectivity index (χ2v) is 6.98. The van der Waals surface area contributed by atoms with Gasteiger partial charge in [0.05, 0.1) is 6.04 Å². The van der Waals surface area contributed by atoms with Gasteiger partial charge in [0.25, 0.3) is 0 Å². The van der Waals surface area contributed by atoms with Crippen LogP contribution in [0.5, 0.6) is 11.5 Å². The molecule has 0 aliphatic carbocycles. The minimum atomic E-state index is -0.220. The van der Waals surface area contributed by atoms with Gasteiger partial charge >= 0.3 is 0 Å². The summed E-state index contributed by atoms with van der Waals surface area (Å²) in [5, 5.41) is 0. The number of hydrogen-bond acceptors (Lipinski definition) is 4. The molecule has 5 heteroatoms. The van der Waals surface area contributed by atoms with Crippen LogP contribution < -0.4 is 14.4 Å². The molecule has 2 aromatic carbocycles. The lowest BCUT2D eigenvalue weighted by molar-refractivity contribution is -0.123. The van der Waals surface area contributed by atoms with E-state index in [0.717, 1.165) is 30.2 Å². The van der Waals surface area contributed by atoms with Crippen LogP contribution in [0.1, 0.15) is 12.5 Å². The molecular weight excluding hydrogens is 328 g/mol. The molecule has 0 unspecified atom stereocenters. The molecule has 136 valence electrons. The zero-order valence-corrected chi connectivity index (χ0v) is 15.2. The summed E-state index contributed by atoms with van der Waals surface area (Å²) in [4.78, 5) is 17.0. The highest BCUT2D eigenvalue weighted by Crippen LogP contribution is 2.31. The van der Waals surface area contributed by atoms with Crippen LogP contribution in [0.3, 0.4) is 0 Å². The van der Waals surface area contributed by atoms with Crippen molar-refractivity contribution in [1.82, 2.24) is 4.90 Å². The molecule has 0 aromatic heterocycles.